The van der Waals surface area contributed by atoms with E-state index in [0.717, 1.165) is 19.4 Å². The van der Waals surface area contributed by atoms with Crippen LogP contribution in [0.2, 0.25) is 0 Å². The zero-order valence-corrected chi connectivity index (χ0v) is 9.04. The van der Waals surface area contributed by atoms with Gasteiger partial charge in [-0.3, -0.25) is 0 Å². The first-order valence-corrected chi connectivity index (χ1v) is 5.72. The molecule has 2 saturated heterocycles. The minimum Gasteiger partial charge on any atom is -0.373 e. The summed E-state index contributed by atoms with van der Waals surface area (Å²) >= 11 is 0. The highest BCUT2D eigenvalue weighted by atomic mass is 16.7. The SMILES string of the molecule is C#CC1(CCCCCC2CO2)OCCO1. The number of ether oxygens (including phenoxy) is 3. The molecule has 0 amide bonds. The molecule has 0 aromatic heterocycles. The van der Waals surface area contributed by atoms with Crippen LogP contribution in [0.25, 0.3) is 0 Å². The molecule has 0 bridgehead atoms. The Hall–Kier alpha value is -0.560. The van der Waals surface area contributed by atoms with Crippen molar-refractivity contribution in [2.45, 2.75) is 44.0 Å². The normalized spacial score (nSPS) is 27.5. The van der Waals surface area contributed by atoms with Crippen molar-refractivity contribution in [1.29, 1.82) is 0 Å². The Morgan fingerprint density at radius 2 is 1.93 bits per heavy atom. The molecule has 0 aromatic carbocycles. The molecular weight excluding hydrogens is 192 g/mol. The number of hydrogen-bond donors (Lipinski definition) is 0. The molecule has 0 aromatic rings. The Labute approximate surface area is 91.1 Å². The molecule has 3 heteroatoms. The molecule has 1 unspecified atom stereocenters. The third kappa shape index (κ3) is 3.20. The lowest BCUT2D eigenvalue weighted by atomic mass is 10.1. The number of hydrogen-bond acceptors (Lipinski definition) is 3. The van der Waals surface area contributed by atoms with Crippen LogP contribution >= 0.6 is 0 Å². The summed E-state index contributed by atoms with van der Waals surface area (Å²) in [7, 11) is 0. The summed E-state index contributed by atoms with van der Waals surface area (Å²) in [6.45, 7) is 2.21. The van der Waals surface area contributed by atoms with Gasteiger partial charge in [0.25, 0.3) is 0 Å². The standard InChI is InChI=1S/C12H18O3/c1-2-12(14-8-9-15-12)7-5-3-4-6-11-10-13-11/h1,11H,3-10H2. The van der Waals surface area contributed by atoms with Crippen molar-refractivity contribution in [3.63, 3.8) is 0 Å². The van der Waals surface area contributed by atoms with Gasteiger partial charge in [-0.1, -0.05) is 12.8 Å². The molecular formula is C12H18O3. The van der Waals surface area contributed by atoms with E-state index < -0.39 is 5.79 Å². The lowest BCUT2D eigenvalue weighted by molar-refractivity contribution is -0.113. The van der Waals surface area contributed by atoms with Crippen LogP contribution in [-0.2, 0) is 14.2 Å². The number of rotatable bonds is 6. The van der Waals surface area contributed by atoms with E-state index in [1.165, 1.54) is 19.3 Å². The fourth-order valence-corrected chi connectivity index (χ4v) is 1.90. The van der Waals surface area contributed by atoms with Crippen LogP contribution < -0.4 is 0 Å². The Balaban J connectivity index is 1.57. The van der Waals surface area contributed by atoms with Gasteiger partial charge in [0.05, 0.1) is 25.9 Å². The predicted octanol–water partition coefficient (Wildman–Crippen LogP) is 1.71. The van der Waals surface area contributed by atoms with Crippen molar-refractivity contribution in [2.75, 3.05) is 19.8 Å². The first kappa shape index (κ1) is 10.9. The number of epoxide rings is 1. The van der Waals surface area contributed by atoms with E-state index >= 15 is 0 Å². The van der Waals surface area contributed by atoms with Gasteiger partial charge in [-0.15, -0.1) is 6.42 Å². The van der Waals surface area contributed by atoms with Crippen LogP contribution in [0.4, 0.5) is 0 Å². The van der Waals surface area contributed by atoms with Gasteiger partial charge in [0.15, 0.2) is 0 Å². The number of unbranched alkanes of at least 4 members (excludes halogenated alkanes) is 2. The Morgan fingerprint density at radius 1 is 1.20 bits per heavy atom. The summed E-state index contributed by atoms with van der Waals surface area (Å²) in [6.07, 6.45) is 11.4. The predicted molar refractivity (Wildman–Crippen MR) is 56.3 cm³/mol. The van der Waals surface area contributed by atoms with E-state index in [-0.39, 0.29) is 0 Å². The molecule has 0 radical (unpaired) electrons. The van der Waals surface area contributed by atoms with Crippen molar-refractivity contribution in [3.8, 4) is 12.3 Å². The van der Waals surface area contributed by atoms with Gasteiger partial charge in [0, 0.05) is 6.42 Å². The van der Waals surface area contributed by atoms with Gasteiger partial charge in [-0.25, -0.2) is 0 Å². The molecule has 3 nitrogen and oxygen atoms in total. The van der Waals surface area contributed by atoms with Crippen LogP contribution in [-0.4, -0.2) is 31.7 Å². The average molecular weight is 210 g/mol. The van der Waals surface area contributed by atoms with Gasteiger partial charge >= 0.3 is 0 Å². The van der Waals surface area contributed by atoms with Crippen molar-refractivity contribution >= 4 is 0 Å². The largest absolute Gasteiger partial charge is 0.373 e. The fraction of sp³-hybridized carbons (Fsp3) is 0.833. The second kappa shape index (κ2) is 4.98. The first-order valence-electron chi connectivity index (χ1n) is 5.72. The Bertz CT molecular complexity index is 234. The summed E-state index contributed by atoms with van der Waals surface area (Å²) in [5.41, 5.74) is 0. The maximum atomic E-state index is 5.45. The molecule has 2 fully saturated rings. The van der Waals surface area contributed by atoms with Crippen molar-refractivity contribution in [2.24, 2.45) is 0 Å². The first-order chi connectivity index (χ1) is 7.35. The zero-order chi connectivity index (χ0) is 10.6. The quantitative estimate of drug-likeness (QED) is 0.380. The monoisotopic (exact) mass is 210 g/mol. The molecule has 2 aliphatic rings. The summed E-state index contributed by atoms with van der Waals surface area (Å²) in [5, 5.41) is 0. The molecule has 0 saturated carbocycles. The van der Waals surface area contributed by atoms with Crippen LogP contribution in [0.15, 0.2) is 0 Å². The van der Waals surface area contributed by atoms with E-state index in [1.54, 1.807) is 0 Å². The van der Waals surface area contributed by atoms with Gasteiger partial charge in [-0.05, 0) is 18.8 Å². The van der Waals surface area contributed by atoms with Gasteiger partial charge in [-0.2, -0.15) is 0 Å². The maximum absolute atomic E-state index is 5.45. The highest BCUT2D eigenvalue weighted by Gasteiger charge is 2.33. The molecule has 0 aliphatic carbocycles. The third-order valence-corrected chi connectivity index (χ3v) is 2.91. The van der Waals surface area contributed by atoms with E-state index in [9.17, 15) is 0 Å². The van der Waals surface area contributed by atoms with E-state index in [1.807, 2.05) is 0 Å². The average Bonchev–Trinajstić information content (AvgIpc) is 2.96. The maximum Gasteiger partial charge on any atom is 0.233 e. The highest BCUT2D eigenvalue weighted by molar-refractivity contribution is 5.03. The molecule has 1 atom stereocenters. The molecule has 0 spiro atoms. The van der Waals surface area contributed by atoms with E-state index in [0.29, 0.717) is 19.3 Å². The minimum absolute atomic E-state index is 0.547. The Kier molecular flexibility index (Phi) is 3.63. The summed E-state index contributed by atoms with van der Waals surface area (Å²) < 4.78 is 16.0. The van der Waals surface area contributed by atoms with Crippen molar-refractivity contribution in [3.05, 3.63) is 0 Å². The van der Waals surface area contributed by atoms with E-state index in [4.69, 9.17) is 20.6 Å². The highest BCUT2D eigenvalue weighted by Crippen LogP contribution is 2.26. The van der Waals surface area contributed by atoms with Crippen molar-refractivity contribution in [1.82, 2.24) is 0 Å². The van der Waals surface area contributed by atoms with E-state index in [2.05, 4.69) is 5.92 Å². The lowest BCUT2D eigenvalue weighted by Crippen LogP contribution is -2.27. The molecule has 15 heavy (non-hydrogen) atoms. The molecule has 0 N–H and O–H groups in total. The van der Waals surface area contributed by atoms with Crippen LogP contribution in [0.5, 0.6) is 0 Å². The Morgan fingerprint density at radius 3 is 2.53 bits per heavy atom. The second-order valence-corrected chi connectivity index (χ2v) is 4.15. The molecule has 2 rings (SSSR count). The van der Waals surface area contributed by atoms with Crippen LogP contribution in [0.3, 0.4) is 0 Å². The smallest absolute Gasteiger partial charge is 0.233 e. The summed E-state index contributed by atoms with van der Waals surface area (Å²) in [6, 6.07) is 0. The second-order valence-electron chi connectivity index (χ2n) is 4.15. The third-order valence-electron chi connectivity index (χ3n) is 2.91. The lowest BCUT2D eigenvalue weighted by Gasteiger charge is -2.20. The number of terminal acetylenes is 1. The van der Waals surface area contributed by atoms with Crippen LogP contribution in [0.1, 0.15) is 32.1 Å². The van der Waals surface area contributed by atoms with Gasteiger partial charge in [0.1, 0.15) is 0 Å². The zero-order valence-electron chi connectivity index (χ0n) is 9.04. The van der Waals surface area contributed by atoms with Gasteiger partial charge < -0.3 is 14.2 Å². The molecule has 84 valence electrons. The molecule has 2 heterocycles. The summed E-state index contributed by atoms with van der Waals surface area (Å²) in [5.74, 6) is 1.91. The minimum atomic E-state index is -0.712. The topological polar surface area (TPSA) is 31.0 Å². The summed E-state index contributed by atoms with van der Waals surface area (Å²) in [4.78, 5) is 0. The fourth-order valence-electron chi connectivity index (χ4n) is 1.90. The van der Waals surface area contributed by atoms with Crippen molar-refractivity contribution < 1.29 is 14.2 Å². The van der Waals surface area contributed by atoms with Crippen LogP contribution in [0, 0.1) is 12.3 Å². The molecule has 2 aliphatic heterocycles. The van der Waals surface area contributed by atoms with Gasteiger partial charge in [0.2, 0.25) is 5.79 Å².